The second kappa shape index (κ2) is 8.33. The number of rotatable bonds is 6. The molecule has 1 atom stereocenters. The Morgan fingerprint density at radius 1 is 1.22 bits per heavy atom. The number of hydrogen-bond donors (Lipinski definition) is 1. The SMILES string of the molecule is O=C(Nc1nc(-c2ccccc2)cs1)c1cccc(OCC2CCCO2)c1. The number of carbonyl (C=O) groups excluding carboxylic acids is 1. The van der Waals surface area contributed by atoms with Crippen LogP contribution in [0.15, 0.2) is 60.0 Å². The molecular weight excluding hydrogens is 360 g/mol. The lowest BCUT2D eigenvalue weighted by atomic mass is 10.2. The van der Waals surface area contributed by atoms with Gasteiger partial charge in [-0.25, -0.2) is 4.98 Å². The summed E-state index contributed by atoms with van der Waals surface area (Å²) < 4.78 is 11.3. The summed E-state index contributed by atoms with van der Waals surface area (Å²) in [5.74, 6) is 0.466. The minimum atomic E-state index is -0.202. The van der Waals surface area contributed by atoms with Crippen LogP contribution in [0.2, 0.25) is 0 Å². The first-order chi connectivity index (χ1) is 13.3. The third-order valence-electron chi connectivity index (χ3n) is 4.35. The molecule has 1 unspecified atom stereocenters. The maximum absolute atomic E-state index is 12.5. The molecule has 1 aliphatic heterocycles. The first kappa shape index (κ1) is 17.7. The zero-order chi connectivity index (χ0) is 18.5. The van der Waals surface area contributed by atoms with Crippen LogP contribution in [-0.4, -0.2) is 30.2 Å². The van der Waals surface area contributed by atoms with Crippen molar-refractivity contribution in [2.24, 2.45) is 0 Å². The molecule has 0 saturated carbocycles. The van der Waals surface area contributed by atoms with Crippen molar-refractivity contribution >= 4 is 22.4 Å². The Hall–Kier alpha value is -2.70. The number of hydrogen-bond acceptors (Lipinski definition) is 5. The van der Waals surface area contributed by atoms with E-state index in [1.165, 1.54) is 11.3 Å². The number of nitrogens with one attached hydrogen (secondary N) is 1. The Balaban J connectivity index is 1.39. The normalized spacial score (nSPS) is 16.2. The third-order valence-corrected chi connectivity index (χ3v) is 5.11. The van der Waals surface area contributed by atoms with Gasteiger partial charge in [-0.05, 0) is 31.0 Å². The molecule has 1 aliphatic rings. The van der Waals surface area contributed by atoms with E-state index in [-0.39, 0.29) is 12.0 Å². The first-order valence-electron chi connectivity index (χ1n) is 8.95. The zero-order valence-corrected chi connectivity index (χ0v) is 15.6. The largest absolute Gasteiger partial charge is 0.491 e. The molecule has 0 radical (unpaired) electrons. The minimum absolute atomic E-state index is 0.147. The second-order valence-electron chi connectivity index (χ2n) is 6.33. The highest BCUT2D eigenvalue weighted by Gasteiger charge is 2.16. The molecule has 1 N–H and O–H groups in total. The molecule has 2 aromatic carbocycles. The molecule has 2 heterocycles. The average molecular weight is 380 g/mol. The molecule has 5 nitrogen and oxygen atoms in total. The van der Waals surface area contributed by atoms with Crippen molar-refractivity contribution in [1.82, 2.24) is 4.98 Å². The Kier molecular flexibility index (Phi) is 5.46. The van der Waals surface area contributed by atoms with Crippen LogP contribution >= 0.6 is 11.3 Å². The lowest BCUT2D eigenvalue weighted by molar-refractivity contribution is 0.0679. The maximum atomic E-state index is 12.5. The van der Waals surface area contributed by atoms with Crippen LogP contribution in [0.1, 0.15) is 23.2 Å². The molecule has 27 heavy (non-hydrogen) atoms. The van der Waals surface area contributed by atoms with Gasteiger partial charge < -0.3 is 9.47 Å². The molecule has 1 amide bonds. The van der Waals surface area contributed by atoms with Crippen molar-refractivity contribution < 1.29 is 14.3 Å². The van der Waals surface area contributed by atoms with E-state index in [0.29, 0.717) is 23.1 Å². The molecular formula is C21H20N2O3S. The van der Waals surface area contributed by atoms with Crippen LogP contribution in [-0.2, 0) is 4.74 Å². The summed E-state index contributed by atoms with van der Waals surface area (Å²) in [4.78, 5) is 17.0. The van der Waals surface area contributed by atoms with Crippen LogP contribution in [0.5, 0.6) is 5.75 Å². The van der Waals surface area contributed by atoms with Gasteiger partial charge in [-0.1, -0.05) is 36.4 Å². The number of benzene rings is 2. The number of ether oxygens (including phenoxy) is 2. The Morgan fingerprint density at radius 3 is 2.93 bits per heavy atom. The summed E-state index contributed by atoms with van der Waals surface area (Å²) in [6, 6.07) is 17.1. The van der Waals surface area contributed by atoms with Crippen molar-refractivity contribution in [3.05, 3.63) is 65.5 Å². The van der Waals surface area contributed by atoms with E-state index in [2.05, 4.69) is 10.3 Å². The number of carbonyl (C=O) groups is 1. The van der Waals surface area contributed by atoms with Crippen LogP contribution < -0.4 is 10.1 Å². The smallest absolute Gasteiger partial charge is 0.257 e. The molecule has 6 heteroatoms. The fourth-order valence-electron chi connectivity index (χ4n) is 2.93. The Morgan fingerprint density at radius 2 is 2.11 bits per heavy atom. The highest BCUT2D eigenvalue weighted by molar-refractivity contribution is 7.14. The topological polar surface area (TPSA) is 60.5 Å². The summed E-state index contributed by atoms with van der Waals surface area (Å²) in [7, 11) is 0. The van der Waals surface area contributed by atoms with Gasteiger partial charge in [0.25, 0.3) is 5.91 Å². The summed E-state index contributed by atoms with van der Waals surface area (Å²) in [6.45, 7) is 1.31. The van der Waals surface area contributed by atoms with E-state index >= 15 is 0 Å². The molecule has 0 bridgehead atoms. The van der Waals surface area contributed by atoms with Crippen LogP contribution in [0.3, 0.4) is 0 Å². The van der Waals surface area contributed by atoms with Crippen molar-refractivity contribution in [1.29, 1.82) is 0 Å². The van der Waals surface area contributed by atoms with Gasteiger partial charge in [0.15, 0.2) is 5.13 Å². The van der Waals surface area contributed by atoms with E-state index < -0.39 is 0 Å². The standard InChI is InChI=1S/C21H20N2O3S/c24-20(23-21-22-19(14-27-21)15-6-2-1-3-7-15)16-8-4-9-17(12-16)26-13-18-10-5-11-25-18/h1-4,6-9,12,14,18H,5,10-11,13H2,(H,22,23,24). The van der Waals surface area contributed by atoms with Gasteiger partial charge in [0, 0.05) is 23.1 Å². The third kappa shape index (κ3) is 4.53. The summed E-state index contributed by atoms with van der Waals surface area (Å²) in [6.07, 6.45) is 2.25. The van der Waals surface area contributed by atoms with E-state index in [0.717, 1.165) is 30.7 Å². The van der Waals surface area contributed by atoms with Gasteiger partial charge >= 0.3 is 0 Å². The quantitative estimate of drug-likeness (QED) is 0.678. The highest BCUT2D eigenvalue weighted by Crippen LogP contribution is 2.25. The average Bonchev–Trinajstić information content (AvgIpc) is 3.39. The monoisotopic (exact) mass is 380 g/mol. The number of amides is 1. The maximum Gasteiger partial charge on any atom is 0.257 e. The highest BCUT2D eigenvalue weighted by atomic mass is 32.1. The molecule has 0 aliphatic carbocycles. The van der Waals surface area contributed by atoms with Crippen molar-refractivity contribution in [2.45, 2.75) is 18.9 Å². The van der Waals surface area contributed by atoms with Crippen LogP contribution in [0.25, 0.3) is 11.3 Å². The van der Waals surface area contributed by atoms with Gasteiger partial charge in [-0.15, -0.1) is 11.3 Å². The summed E-state index contributed by atoms with van der Waals surface area (Å²) in [5.41, 5.74) is 2.42. The van der Waals surface area contributed by atoms with Gasteiger partial charge in [-0.2, -0.15) is 0 Å². The zero-order valence-electron chi connectivity index (χ0n) is 14.8. The second-order valence-corrected chi connectivity index (χ2v) is 7.19. The summed E-state index contributed by atoms with van der Waals surface area (Å²) in [5, 5.41) is 5.37. The van der Waals surface area contributed by atoms with E-state index in [4.69, 9.17) is 9.47 Å². The fourth-order valence-corrected chi connectivity index (χ4v) is 3.65. The lowest BCUT2D eigenvalue weighted by Crippen LogP contribution is -2.16. The van der Waals surface area contributed by atoms with E-state index in [9.17, 15) is 4.79 Å². The van der Waals surface area contributed by atoms with Crippen molar-refractivity contribution in [3.63, 3.8) is 0 Å². The van der Waals surface area contributed by atoms with Crippen LogP contribution in [0, 0.1) is 0 Å². The number of thiazole rings is 1. The Bertz CT molecular complexity index is 905. The predicted octanol–water partition coefficient (Wildman–Crippen LogP) is 4.62. The minimum Gasteiger partial charge on any atom is -0.491 e. The molecule has 1 aromatic heterocycles. The van der Waals surface area contributed by atoms with Gasteiger partial charge in [0.05, 0.1) is 11.8 Å². The summed E-state index contributed by atoms with van der Waals surface area (Å²) >= 11 is 1.41. The number of nitrogens with zero attached hydrogens (tertiary/aromatic N) is 1. The van der Waals surface area contributed by atoms with E-state index in [1.54, 1.807) is 12.1 Å². The van der Waals surface area contributed by atoms with Crippen molar-refractivity contribution in [3.8, 4) is 17.0 Å². The van der Waals surface area contributed by atoms with Gasteiger partial charge in [0.1, 0.15) is 12.4 Å². The Labute approximate surface area is 162 Å². The van der Waals surface area contributed by atoms with Crippen LogP contribution in [0.4, 0.5) is 5.13 Å². The number of anilines is 1. The van der Waals surface area contributed by atoms with Crippen molar-refractivity contribution in [2.75, 3.05) is 18.5 Å². The molecule has 138 valence electrons. The fraction of sp³-hybridized carbons (Fsp3) is 0.238. The number of aromatic nitrogens is 1. The molecule has 1 saturated heterocycles. The molecule has 1 fully saturated rings. The van der Waals surface area contributed by atoms with E-state index in [1.807, 2.05) is 47.8 Å². The predicted molar refractivity (Wildman–Crippen MR) is 106 cm³/mol. The molecule has 3 aromatic rings. The lowest BCUT2D eigenvalue weighted by Gasteiger charge is -2.12. The first-order valence-corrected chi connectivity index (χ1v) is 9.83. The molecule has 4 rings (SSSR count). The molecule has 0 spiro atoms. The van der Waals surface area contributed by atoms with Gasteiger partial charge in [-0.3, -0.25) is 10.1 Å². The van der Waals surface area contributed by atoms with Gasteiger partial charge in [0.2, 0.25) is 0 Å².